The molecule has 2 aromatic carbocycles. The molecule has 3 heterocycles. The van der Waals surface area contributed by atoms with Crippen molar-refractivity contribution >= 4 is 22.2 Å². The first-order valence-corrected chi connectivity index (χ1v) is 11.6. The number of benzene rings is 2. The van der Waals surface area contributed by atoms with E-state index in [1.807, 2.05) is 29.0 Å². The van der Waals surface area contributed by atoms with Crippen molar-refractivity contribution in [3.63, 3.8) is 0 Å². The summed E-state index contributed by atoms with van der Waals surface area (Å²) in [7, 11) is 0. The highest BCUT2D eigenvalue weighted by Gasteiger charge is 2.21. The molecule has 1 saturated heterocycles. The van der Waals surface area contributed by atoms with Gasteiger partial charge >= 0.3 is 0 Å². The van der Waals surface area contributed by atoms with Crippen molar-refractivity contribution in [3.8, 4) is 5.13 Å². The summed E-state index contributed by atoms with van der Waals surface area (Å²) in [5.41, 5.74) is 3.15. The fourth-order valence-corrected chi connectivity index (χ4v) is 4.82. The van der Waals surface area contributed by atoms with Crippen LogP contribution in [-0.4, -0.2) is 45.8 Å². The Bertz CT molecular complexity index is 1150. The molecule has 32 heavy (non-hydrogen) atoms. The van der Waals surface area contributed by atoms with Crippen LogP contribution in [0.25, 0.3) is 5.13 Å². The van der Waals surface area contributed by atoms with Gasteiger partial charge in [-0.05, 0) is 35.9 Å². The predicted molar refractivity (Wildman–Crippen MR) is 127 cm³/mol. The molecule has 6 nitrogen and oxygen atoms in total. The van der Waals surface area contributed by atoms with Crippen LogP contribution in [-0.2, 0) is 13.1 Å². The monoisotopic (exact) mass is 448 g/mol. The fourth-order valence-electron chi connectivity index (χ4n) is 3.91. The number of nitrogens with zero attached hydrogens (tertiary/aromatic N) is 5. The van der Waals surface area contributed by atoms with E-state index >= 15 is 0 Å². The van der Waals surface area contributed by atoms with Crippen molar-refractivity contribution in [1.29, 1.82) is 0 Å². The highest BCUT2D eigenvalue weighted by Crippen LogP contribution is 2.26. The molecule has 1 N–H and O–H groups in total. The summed E-state index contributed by atoms with van der Waals surface area (Å²) in [4.78, 5) is 4.80. The summed E-state index contributed by atoms with van der Waals surface area (Å²) >= 11 is 1.60. The van der Waals surface area contributed by atoms with Gasteiger partial charge in [0.05, 0.1) is 6.54 Å². The Morgan fingerprint density at radius 3 is 2.50 bits per heavy atom. The summed E-state index contributed by atoms with van der Waals surface area (Å²) in [6.07, 6.45) is 1.99. The topological polar surface area (TPSA) is 49.2 Å². The van der Waals surface area contributed by atoms with Gasteiger partial charge in [0.2, 0.25) is 10.3 Å². The third-order valence-electron chi connectivity index (χ3n) is 5.63. The molecule has 0 radical (unpaired) electrons. The Morgan fingerprint density at radius 1 is 0.875 bits per heavy atom. The van der Waals surface area contributed by atoms with Gasteiger partial charge in [-0.1, -0.05) is 47.7 Å². The van der Waals surface area contributed by atoms with Crippen molar-refractivity contribution in [2.45, 2.75) is 13.1 Å². The molecule has 0 spiro atoms. The molecule has 1 fully saturated rings. The van der Waals surface area contributed by atoms with Gasteiger partial charge in [-0.25, -0.2) is 4.39 Å². The van der Waals surface area contributed by atoms with Crippen LogP contribution in [0.1, 0.15) is 11.3 Å². The molecule has 0 unspecified atom stereocenters. The Labute approximate surface area is 190 Å². The molecule has 0 amide bonds. The third-order valence-corrected chi connectivity index (χ3v) is 6.62. The zero-order valence-electron chi connectivity index (χ0n) is 17.7. The molecule has 0 bridgehead atoms. The molecule has 1 aliphatic rings. The molecule has 1 aliphatic heterocycles. The van der Waals surface area contributed by atoms with Gasteiger partial charge in [0, 0.05) is 50.3 Å². The Kier molecular flexibility index (Phi) is 6.13. The van der Waals surface area contributed by atoms with Gasteiger partial charge in [0.25, 0.3) is 0 Å². The molecule has 0 atom stereocenters. The molecule has 8 heteroatoms. The Hall–Kier alpha value is -3.23. The average Bonchev–Trinajstić information content (AvgIpc) is 3.49. The summed E-state index contributed by atoms with van der Waals surface area (Å²) < 4.78 is 15.5. The maximum atomic E-state index is 13.4. The van der Waals surface area contributed by atoms with Crippen LogP contribution in [0.15, 0.2) is 72.9 Å². The van der Waals surface area contributed by atoms with Gasteiger partial charge < -0.3 is 10.2 Å². The maximum Gasteiger partial charge on any atom is 0.218 e. The predicted octanol–water partition coefficient (Wildman–Crippen LogP) is 4.40. The van der Waals surface area contributed by atoms with Gasteiger partial charge in [0.1, 0.15) is 5.82 Å². The van der Waals surface area contributed by atoms with Gasteiger partial charge in [-0.3, -0.25) is 9.47 Å². The summed E-state index contributed by atoms with van der Waals surface area (Å²) in [5.74, 6) is -0.247. The minimum atomic E-state index is -0.247. The number of halogens is 1. The lowest BCUT2D eigenvalue weighted by Gasteiger charge is -2.34. The number of hydrogen-bond acceptors (Lipinski definition) is 6. The smallest absolute Gasteiger partial charge is 0.218 e. The maximum absolute atomic E-state index is 13.4. The largest absolute Gasteiger partial charge is 0.379 e. The Morgan fingerprint density at radius 2 is 1.69 bits per heavy atom. The molecule has 4 aromatic rings. The molecule has 5 rings (SSSR count). The zero-order chi connectivity index (χ0) is 21.8. The van der Waals surface area contributed by atoms with E-state index in [0.29, 0.717) is 6.54 Å². The number of piperazine rings is 1. The van der Waals surface area contributed by atoms with E-state index in [2.05, 4.69) is 55.6 Å². The van der Waals surface area contributed by atoms with E-state index in [1.54, 1.807) is 17.4 Å². The molecule has 2 aromatic heterocycles. The second kappa shape index (κ2) is 9.50. The van der Waals surface area contributed by atoms with Crippen LogP contribution in [0.2, 0.25) is 0 Å². The summed E-state index contributed by atoms with van der Waals surface area (Å²) in [6.45, 7) is 5.47. The molecule has 0 aliphatic carbocycles. The lowest BCUT2D eigenvalue weighted by atomic mass is 10.2. The van der Waals surface area contributed by atoms with E-state index in [9.17, 15) is 4.39 Å². The first-order valence-electron chi connectivity index (χ1n) is 10.8. The minimum Gasteiger partial charge on any atom is -0.379 e. The van der Waals surface area contributed by atoms with Crippen LogP contribution in [0.5, 0.6) is 0 Å². The normalized spacial score (nSPS) is 14.6. The van der Waals surface area contributed by atoms with E-state index in [1.165, 1.54) is 17.7 Å². The molecular formula is C24H25FN6S. The number of rotatable bonds is 7. The molecule has 164 valence electrons. The number of hydrogen-bond donors (Lipinski definition) is 1. The number of nitrogens with one attached hydrogen (secondary N) is 1. The SMILES string of the molecule is Fc1cccc(NCc2cccn2-c2nnc(N3CCN(Cc4ccccc4)CC3)s2)c1. The van der Waals surface area contributed by atoms with E-state index in [0.717, 1.165) is 54.4 Å². The van der Waals surface area contributed by atoms with Crippen LogP contribution in [0, 0.1) is 5.82 Å². The molecule has 0 saturated carbocycles. The standard InChI is InChI=1S/C24H25FN6S/c25-20-8-4-9-21(16-20)26-17-22-10-5-11-31(22)24-28-27-23(32-24)30-14-12-29(13-15-30)18-19-6-2-1-3-7-19/h1-11,16,26H,12-15,17-18H2. The summed E-state index contributed by atoms with van der Waals surface area (Å²) in [6, 6.07) is 21.1. The van der Waals surface area contributed by atoms with Crippen LogP contribution in [0.4, 0.5) is 15.2 Å². The van der Waals surface area contributed by atoms with Gasteiger partial charge in [-0.2, -0.15) is 0 Å². The van der Waals surface area contributed by atoms with Crippen LogP contribution >= 0.6 is 11.3 Å². The lowest BCUT2D eigenvalue weighted by molar-refractivity contribution is 0.249. The summed E-state index contributed by atoms with van der Waals surface area (Å²) in [5, 5.41) is 14.0. The fraction of sp³-hybridized carbons (Fsp3) is 0.250. The van der Waals surface area contributed by atoms with Crippen molar-refractivity contribution in [2.75, 3.05) is 36.4 Å². The van der Waals surface area contributed by atoms with Gasteiger partial charge in [-0.15, -0.1) is 10.2 Å². The number of aromatic nitrogens is 3. The highest BCUT2D eigenvalue weighted by atomic mass is 32.1. The van der Waals surface area contributed by atoms with E-state index in [-0.39, 0.29) is 5.82 Å². The minimum absolute atomic E-state index is 0.247. The third kappa shape index (κ3) is 4.81. The van der Waals surface area contributed by atoms with Crippen LogP contribution in [0.3, 0.4) is 0 Å². The van der Waals surface area contributed by atoms with Crippen molar-refractivity contribution in [1.82, 2.24) is 19.7 Å². The highest BCUT2D eigenvalue weighted by molar-refractivity contribution is 7.17. The van der Waals surface area contributed by atoms with Crippen molar-refractivity contribution in [2.24, 2.45) is 0 Å². The Balaban J connectivity index is 1.20. The number of anilines is 2. The first-order chi connectivity index (χ1) is 15.7. The van der Waals surface area contributed by atoms with Crippen LogP contribution < -0.4 is 10.2 Å². The quantitative estimate of drug-likeness (QED) is 0.454. The average molecular weight is 449 g/mol. The van der Waals surface area contributed by atoms with E-state index in [4.69, 9.17) is 0 Å². The van der Waals surface area contributed by atoms with Crippen molar-refractivity contribution in [3.05, 3.63) is 90.0 Å². The zero-order valence-corrected chi connectivity index (χ0v) is 18.5. The lowest BCUT2D eigenvalue weighted by Crippen LogP contribution is -2.45. The van der Waals surface area contributed by atoms with Crippen molar-refractivity contribution < 1.29 is 4.39 Å². The second-order valence-electron chi connectivity index (χ2n) is 7.85. The second-order valence-corrected chi connectivity index (χ2v) is 8.78. The van der Waals surface area contributed by atoms with Gasteiger partial charge in [0.15, 0.2) is 0 Å². The van der Waals surface area contributed by atoms with E-state index < -0.39 is 0 Å². The first kappa shape index (κ1) is 20.7. The molecular weight excluding hydrogens is 423 g/mol.